The highest BCUT2D eigenvalue weighted by Crippen LogP contribution is 2.14. The minimum Gasteiger partial charge on any atom is -0.357 e. The maximum Gasteiger partial charge on any atom is 0.187 e. The quantitative estimate of drug-likeness (QED) is 0.657. The fraction of sp³-hybridized carbons (Fsp3) is 0.500. The molecule has 0 amide bonds. The van der Waals surface area contributed by atoms with Crippen LogP contribution in [0.4, 0.5) is 4.39 Å². The van der Waals surface area contributed by atoms with E-state index in [0.29, 0.717) is 11.7 Å². The first kappa shape index (κ1) is 15.9. The Morgan fingerprint density at radius 3 is 2.33 bits per heavy atom. The lowest BCUT2D eigenvalue weighted by Gasteiger charge is -2.12. The molecule has 1 fully saturated rings. The monoisotopic (exact) mass is 307 g/mol. The molecule has 0 aromatic heterocycles. The van der Waals surface area contributed by atoms with Crippen molar-refractivity contribution in [1.82, 2.24) is 10.7 Å². The van der Waals surface area contributed by atoms with E-state index in [1.54, 1.807) is 12.1 Å². The van der Waals surface area contributed by atoms with Crippen LogP contribution in [0, 0.1) is 5.82 Å². The summed E-state index contributed by atoms with van der Waals surface area (Å²) in [6.45, 7) is 0.566. The predicted molar refractivity (Wildman–Crippen MR) is 88.7 cm³/mol. The van der Waals surface area contributed by atoms with E-state index >= 15 is 0 Å². The van der Waals surface area contributed by atoms with Gasteiger partial charge >= 0.3 is 0 Å². The van der Waals surface area contributed by atoms with Crippen molar-refractivity contribution in [2.75, 3.05) is 0 Å². The molecular formula is C16H22FN3S. The number of nitrogens with one attached hydrogen (secondary N) is 2. The average Bonchev–Trinajstić information content (AvgIpc) is 2.45. The number of hydrogen-bond donors (Lipinski definition) is 2. The molecule has 0 atom stereocenters. The Bertz CT molecular complexity index is 475. The minimum absolute atomic E-state index is 0.227. The highest BCUT2D eigenvalue weighted by Gasteiger charge is 2.05. The molecule has 0 unspecified atom stereocenters. The van der Waals surface area contributed by atoms with Crippen molar-refractivity contribution in [3.05, 3.63) is 35.6 Å². The first-order chi connectivity index (χ1) is 10.2. The maximum absolute atomic E-state index is 12.8. The van der Waals surface area contributed by atoms with Gasteiger partial charge in [-0.25, -0.2) is 4.39 Å². The summed E-state index contributed by atoms with van der Waals surface area (Å²) in [6.07, 6.45) is 8.50. The van der Waals surface area contributed by atoms with Gasteiger partial charge in [-0.3, -0.25) is 5.43 Å². The first-order valence-electron chi connectivity index (χ1n) is 7.58. The van der Waals surface area contributed by atoms with Crippen molar-refractivity contribution in [2.24, 2.45) is 5.10 Å². The van der Waals surface area contributed by atoms with Gasteiger partial charge in [0.25, 0.3) is 0 Å². The molecule has 1 aliphatic carbocycles. The number of hydrogen-bond acceptors (Lipinski definition) is 2. The normalized spacial score (nSPS) is 15.8. The third kappa shape index (κ3) is 6.21. The lowest BCUT2D eigenvalue weighted by molar-refractivity contribution is 0.604. The zero-order valence-electron chi connectivity index (χ0n) is 12.2. The van der Waals surface area contributed by atoms with E-state index < -0.39 is 0 Å². The van der Waals surface area contributed by atoms with Crippen LogP contribution in [0.15, 0.2) is 29.4 Å². The van der Waals surface area contributed by atoms with Crippen molar-refractivity contribution < 1.29 is 4.39 Å². The van der Waals surface area contributed by atoms with Gasteiger partial charge in [0, 0.05) is 12.3 Å². The van der Waals surface area contributed by atoms with E-state index in [2.05, 4.69) is 15.8 Å². The second-order valence-corrected chi connectivity index (χ2v) is 5.77. The van der Waals surface area contributed by atoms with Crippen LogP contribution in [-0.4, -0.2) is 10.8 Å². The van der Waals surface area contributed by atoms with E-state index in [0.717, 1.165) is 18.4 Å². The van der Waals surface area contributed by atoms with Crippen LogP contribution in [0.5, 0.6) is 0 Å². The Hall–Kier alpha value is -1.49. The Morgan fingerprint density at radius 1 is 1.05 bits per heavy atom. The van der Waals surface area contributed by atoms with Gasteiger partial charge in [0.05, 0.1) is 0 Å². The van der Waals surface area contributed by atoms with Gasteiger partial charge in [-0.15, -0.1) is 0 Å². The van der Waals surface area contributed by atoms with Gasteiger partial charge in [-0.05, 0) is 55.6 Å². The van der Waals surface area contributed by atoms with Gasteiger partial charge in [0.1, 0.15) is 5.82 Å². The zero-order valence-corrected chi connectivity index (χ0v) is 13.0. The highest BCUT2D eigenvalue weighted by atomic mass is 32.1. The number of hydrazone groups is 1. The summed E-state index contributed by atoms with van der Waals surface area (Å²) in [5, 5.41) is 8.00. The van der Waals surface area contributed by atoms with Gasteiger partial charge in [0.15, 0.2) is 5.11 Å². The molecule has 0 spiro atoms. The zero-order chi connectivity index (χ0) is 14.9. The SMILES string of the molecule is Fc1ccc(CNC(=S)NN=C2CCCCCCC2)cc1. The Kier molecular flexibility index (Phi) is 6.60. The van der Waals surface area contributed by atoms with Gasteiger partial charge in [-0.2, -0.15) is 5.10 Å². The van der Waals surface area contributed by atoms with Crippen LogP contribution in [-0.2, 0) is 6.54 Å². The Labute approximate surface area is 131 Å². The van der Waals surface area contributed by atoms with Crippen LogP contribution in [0.25, 0.3) is 0 Å². The second-order valence-electron chi connectivity index (χ2n) is 5.37. The predicted octanol–water partition coefficient (Wildman–Crippen LogP) is 3.89. The van der Waals surface area contributed by atoms with Crippen molar-refractivity contribution in [3.8, 4) is 0 Å². The van der Waals surface area contributed by atoms with Crippen LogP contribution in [0.1, 0.15) is 50.5 Å². The number of nitrogens with zero attached hydrogens (tertiary/aromatic N) is 1. The van der Waals surface area contributed by atoms with Gasteiger partial charge < -0.3 is 5.32 Å². The molecular weight excluding hydrogens is 285 g/mol. The van der Waals surface area contributed by atoms with E-state index in [4.69, 9.17) is 12.2 Å². The third-order valence-corrected chi connectivity index (χ3v) is 3.85. The van der Waals surface area contributed by atoms with Crippen molar-refractivity contribution in [2.45, 2.75) is 51.5 Å². The summed E-state index contributed by atoms with van der Waals surface area (Å²) in [4.78, 5) is 0. The number of rotatable bonds is 3. The molecule has 0 radical (unpaired) electrons. The molecule has 1 saturated carbocycles. The summed E-state index contributed by atoms with van der Waals surface area (Å²) < 4.78 is 12.8. The van der Waals surface area contributed by atoms with Crippen molar-refractivity contribution in [1.29, 1.82) is 0 Å². The second kappa shape index (κ2) is 8.72. The summed E-state index contributed by atoms with van der Waals surface area (Å²) >= 11 is 5.20. The fourth-order valence-electron chi connectivity index (χ4n) is 2.38. The molecule has 114 valence electrons. The summed E-state index contributed by atoms with van der Waals surface area (Å²) in [5.74, 6) is -0.227. The van der Waals surface area contributed by atoms with Crippen LogP contribution >= 0.6 is 12.2 Å². The maximum atomic E-state index is 12.8. The molecule has 1 aromatic carbocycles. The van der Waals surface area contributed by atoms with E-state index in [9.17, 15) is 4.39 Å². The lowest BCUT2D eigenvalue weighted by atomic mass is 9.99. The topological polar surface area (TPSA) is 36.4 Å². The van der Waals surface area contributed by atoms with E-state index in [-0.39, 0.29) is 5.82 Å². The molecule has 2 rings (SSSR count). The first-order valence-corrected chi connectivity index (χ1v) is 7.98. The number of halogens is 1. The standard InChI is InChI=1S/C16H22FN3S/c17-14-10-8-13(9-11-14)12-18-16(21)20-19-15-6-4-2-1-3-5-7-15/h8-11H,1-7,12H2,(H2,18,20,21). The molecule has 21 heavy (non-hydrogen) atoms. The number of thiocarbonyl (C=S) groups is 1. The Morgan fingerprint density at radius 2 is 1.67 bits per heavy atom. The average molecular weight is 307 g/mol. The van der Waals surface area contributed by atoms with Crippen molar-refractivity contribution in [3.63, 3.8) is 0 Å². The van der Waals surface area contributed by atoms with Gasteiger partial charge in [-0.1, -0.05) is 31.4 Å². The van der Waals surface area contributed by atoms with Crippen LogP contribution < -0.4 is 10.7 Å². The molecule has 3 nitrogen and oxygen atoms in total. The van der Waals surface area contributed by atoms with E-state index in [1.807, 2.05) is 0 Å². The number of benzene rings is 1. The smallest absolute Gasteiger partial charge is 0.187 e. The molecule has 1 aromatic rings. The largest absolute Gasteiger partial charge is 0.357 e. The van der Waals surface area contributed by atoms with Crippen molar-refractivity contribution >= 4 is 23.0 Å². The van der Waals surface area contributed by atoms with E-state index in [1.165, 1.54) is 49.9 Å². The van der Waals surface area contributed by atoms with Crippen LogP contribution in [0.2, 0.25) is 0 Å². The molecule has 0 aliphatic heterocycles. The Balaban J connectivity index is 1.74. The lowest BCUT2D eigenvalue weighted by Crippen LogP contribution is -2.32. The summed E-state index contributed by atoms with van der Waals surface area (Å²) in [5.41, 5.74) is 5.11. The summed E-state index contributed by atoms with van der Waals surface area (Å²) in [6, 6.07) is 6.38. The fourth-order valence-corrected chi connectivity index (χ4v) is 2.50. The molecule has 1 aliphatic rings. The molecule has 0 heterocycles. The highest BCUT2D eigenvalue weighted by molar-refractivity contribution is 7.80. The molecule has 0 saturated heterocycles. The van der Waals surface area contributed by atoms with Gasteiger partial charge in [0.2, 0.25) is 0 Å². The molecule has 2 N–H and O–H groups in total. The minimum atomic E-state index is -0.227. The third-order valence-electron chi connectivity index (χ3n) is 3.61. The van der Waals surface area contributed by atoms with Crippen LogP contribution in [0.3, 0.4) is 0 Å². The summed E-state index contributed by atoms with van der Waals surface area (Å²) in [7, 11) is 0. The molecule has 5 heteroatoms. The molecule has 0 bridgehead atoms.